The highest BCUT2D eigenvalue weighted by molar-refractivity contribution is 9.10. The predicted molar refractivity (Wildman–Crippen MR) is 91.3 cm³/mol. The van der Waals surface area contributed by atoms with Crippen LogP contribution < -0.4 is 10.2 Å². The second-order valence-electron chi connectivity index (χ2n) is 4.35. The Morgan fingerprint density at radius 2 is 2.09 bits per heavy atom. The van der Waals surface area contributed by atoms with Gasteiger partial charge in [-0.05, 0) is 30.3 Å². The number of carbonyl (C=O) groups excluding carboxylic acids is 1. The van der Waals surface area contributed by atoms with E-state index < -0.39 is 0 Å². The zero-order valence-electron chi connectivity index (χ0n) is 11.8. The number of rotatable bonds is 6. The SMILES string of the molecule is C=CCOc1ccccc1C=NNC(=O)c1cccc(Br)c1. The summed E-state index contributed by atoms with van der Waals surface area (Å²) >= 11 is 3.33. The fourth-order valence-corrected chi connectivity index (χ4v) is 2.12. The lowest BCUT2D eigenvalue weighted by molar-refractivity contribution is 0.0955. The summed E-state index contributed by atoms with van der Waals surface area (Å²) in [5.41, 5.74) is 3.80. The third-order valence-corrected chi connectivity index (χ3v) is 3.23. The Hall–Kier alpha value is -2.40. The highest BCUT2D eigenvalue weighted by Gasteiger charge is 2.04. The molecule has 0 spiro atoms. The molecule has 0 fully saturated rings. The third-order valence-electron chi connectivity index (χ3n) is 2.73. The van der Waals surface area contributed by atoms with Crippen molar-refractivity contribution in [2.24, 2.45) is 5.10 Å². The van der Waals surface area contributed by atoms with Crippen LogP contribution in [0, 0.1) is 0 Å². The molecule has 5 heteroatoms. The van der Waals surface area contributed by atoms with Crippen molar-refractivity contribution >= 4 is 28.1 Å². The van der Waals surface area contributed by atoms with Crippen molar-refractivity contribution in [1.29, 1.82) is 0 Å². The van der Waals surface area contributed by atoms with Gasteiger partial charge >= 0.3 is 0 Å². The van der Waals surface area contributed by atoms with Gasteiger partial charge in [0.25, 0.3) is 5.91 Å². The zero-order valence-corrected chi connectivity index (χ0v) is 13.4. The molecule has 0 bridgehead atoms. The molecular formula is C17H15BrN2O2. The monoisotopic (exact) mass is 358 g/mol. The highest BCUT2D eigenvalue weighted by atomic mass is 79.9. The van der Waals surface area contributed by atoms with Crippen LogP contribution in [-0.4, -0.2) is 18.7 Å². The molecule has 22 heavy (non-hydrogen) atoms. The van der Waals surface area contributed by atoms with E-state index in [1.807, 2.05) is 30.3 Å². The van der Waals surface area contributed by atoms with E-state index in [9.17, 15) is 4.79 Å². The van der Waals surface area contributed by atoms with E-state index in [2.05, 4.69) is 33.0 Å². The van der Waals surface area contributed by atoms with Gasteiger partial charge in [-0.3, -0.25) is 4.79 Å². The van der Waals surface area contributed by atoms with Gasteiger partial charge in [-0.2, -0.15) is 5.10 Å². The summed E-state index contributed by atoms with van der Waals surface area (Å²) in [5.74, 6) is 0.407. The van der Waals surface area contributed by atoms with Crippen LogP contribution in [0.1, 0.15) is 15.9 Å². The van der Waals surface area contributed by atoms with E-state index in [0.29, 0.717) is 17.9 Å². The zero-order chi connectivity index (χ0) is 15.8. The van der Waals surface area contributed by atoms with Gasteiger partial charge in [0, 0.05) is 15.6 Å². The molecule has 2 aromatic rings. The number of halogens is 1. The number of nitrogens with one attached hydrogen (secondary N) is 1. The second-order valence-corrected chi connectivity index (χ2v) is 5.26. The first kappa shape index (κ1) is 16.0. The van der Waals surface area contributed by atoms with Crippen LogP contribution in [-0.2, 0) is 0 Å². The van der Waals surface area contributed by atoms with Crippen molar-refractivity contribution in [3.8, 4) is 5.75 Å². The molecule has 0 heterocycles. The molecule has 4 nitrogen and oxygen atoms in total. The largest absolute Gasteiger partial charge is 0.489 e. The number of hydrogen-bond acceptors (Lipinski definition) is 3. The van der Waals surface area contributed by atoms with Crippen molar-refractivity contribution in [2.75, 3.05) is 6.61 Å². The van der Waals surface area contributed by atoms with Gasteiger partial charge in [-0.25, -0.2) is 5.43 Å². The van der Waals surface area contributed by atoms with E-state index in [-0.39, 0.29) is 5.91 Å². The lowest BCUT2D eigenvalue weighted by atomic mass is 10.2. The average molecular weight is 359 g/mol. The average Bonchev–Trinajstić information content (AvgIpc) is 2.54. The minimum Gasteiger partial charge on any atom is -0.489 e. The molecule has 2 rings (SSSR count). The Labute approximate surface area is 137 Å². The van der Waals surface area contributed by atoms with Crippen molar-refractivity contribution in [1.82, 2.24) is 5.43 Å². The standard InChI is InChI=1S/C17H15BrN2O2/c1-2-10-22-16-9-4-3-6-14(16)12-19-20-17(21)13-7-5-8-15(18)11-13/h2-9,11-12H,1,10H2,(H,20,21). The summed E-state index contributed by atoms with van der Waals surface area (Å²) in [6.45, 7) is 4.02. The van der Waals surface area contributed by atoms with Gasteiger partial charge in [-0.15, -0.1) is 0 Å². The normalized spacial score (nSPS) is 10.4. The number of hydrazone groups is 1. The van der Waals surface area contributed by atoms with E-state index >= 15 is 0 Å². The number of nitrogens with zero attached hydrogens (tertiary/aromatic N) is 1. The van der Waals surface area contributed by atoms with Crippen LogP contribution in [0.4, 0.5) is 0 Å². The number of carbonyl (C=O) groups is 1. The van der Waals surface area contributed by atoms with E-state index in [1.54, 1.807) is 30.5 Å². The minimum atomic E-state index is -0.276. The summed E-state index contributed by atoms with van der Waals surface area (Å²) in [7, 11) is 0. The Balaban J connectivity index is 2.03. The molecule has 0 aliphatic rings. The molecule has 0 aliphatic carbocycles. The Kier molecular flexibility index (Phi) is 5.91. The van der Waals surface area contributed by atoms with Crippen molar-refractivity contribution in [3.05, 3.63) is 76.8 Å². The first-order valence-electron chi connectivity index (χ1n) is 6.62. The molecular weight excluding hydrogens is 344 g/mol. The van der Waals surface area contributed by atoms with Crippen molar-refractivity contribution < 1.29 is 9.53 Å². The van der Waals surface area contributed by atoms with Crippen LogP contribution in [0.3, 0.4) is 0 Å². The van der Waals surface area contributed by atoms with Crippen LogP contribution in [0.2, 0.25) is 0 Å². The van der Waals surface area contributed by atoms with E-state index in [1.165, 1.54) is 0 Å². The molecule has 0 saturated heterocycles. The topological polar surface area (TPSA) is 50.7 Å². The minimum absolute atomic E-state index is 0.276. The maximum absolute atomic E-state index is 12.0. The first-order chi connectivity index (χ1) is 10.7. The van der Waals surface area contributed by atoms with Gasteiger partial charge in [-0.1, -0.05) is 46.8 Å². The maximum Gasteiger partial charge on any atom is 0.271 e. The first-order valence-corrected chi connectivity index (χ1v) is 7.41. The Morgan fingerprint density at radius 1 is 1.27 bits per heavy atom. The fourth-order valence-electron chi connectivity index (χ4n) is 1.72. The lowest BCUT2D eigenvalue weighted by Gasteiger charge is -2.06. The van der Waals surface area contributed by atoms with Gasteiger partial charge in [0.15, 0.2) is 0 Å². The lowest BCUT2D eigenvalue weighted by Crippen LogP contribution is -2.17. The van der Waals surface area contributed by atoms with Gasteiger partial charge in [0.05, 0.1) is 6.21 Å². The summed E-state index contributed by atoms with van der Waals surface area (Å²) in [5, 5.41) is 3.97. The summed E-state index contributed by atoms with van der Waals surface area (Å²) in [4.78, 5) is 12.0. The number of ether oxygens (including phenoxy) is 1. The maximum atomic E-state index is 12.0. The number of hydrogen-bond donors (Lipinski definition) is 1. The molecule has 1 N–H and O–H groups in total. The molecule has 0 unspecified atom stereocenters. The van der Waals surface area contributed by atoms with Gasteiger partial charge in [0.2, 0.25) is 0 Å². The summed E-state index contributed by atoms with van der Waals surface area (Å²) in [6.07, 6.45) is 3.22. The third kappa shape index (κ3) is 4.56. The highest BCUT2D eigenvalue weighted by Crippen LogP contribution is 2.15. The number of benzene rings is 2. The predicted octanol–water partition coefficient (Wildman–Crippen LogP) is 3.78. The molecule has 0 radical (unpaired) electrons. The molecule has 0 saturated carbocycles. The summed E-state index contributed by atoms with van der Waals surface area (Å²) in [6, 6.07) is 14.5. The fraction of sp³-hybridized carbons (Fsp3) is 0.0588. The molecule has 1 amide bonds. The Bertz CT molecular complexity index is 699. The van der Waals surface area contributed by atoms with Gasteiger partial charge in [0.1, 0.15) is 12.4 Å². The molecule has 0 aromatic heterocycles. The Morgan fingerprint density at radius 3 is 2.86 bits per heavy atom. The smallest absolute Gasteiger partial charge is 0.271 e. The van der Waals surface area contributed by atoms with E-state index in [4.69, 9.17) is 4.74 Å². The second kappa shape index (κ2) is 8.14. The van der Waals surface area contributed by atoms with E-state index in [0.717, 1.165) is 10.0 Å². The number of amides is 1. The summed E-state index contributed by atoms with van der Waals surface area (Å²) < 4.78 is 6.36. The molecule has 2 aromatic carbocycles. The van der Waals surface area contributed by atoms with Crippen LogP contribution in [0.25, 0.3) is 0 Å². The van der Waals surface area contributed by atoms with Crippen LogP contribution >= 0.6 is 15.9 Å². The van der Waals surface area contributed by atoms with Crippen LogP contribution in [0.5, 0.6) is 5.75 Å². The molecule has 0 aliphatic heterocycles. The van der Waals surface area contributed by atoms with Crippen molar-refractivity contribution in [2.45, 2.75) is 0 Å². The quantitative estimate of drug-likeness (QED) is 0.485. The van der Waals surface area contributed by atoms with Crippen LogP contribution in [0.15, 0.2) is 70.8 Å². The van der Waals surface area contributed by atoms with Gasteiger partial charge < -0.3 is 4.74 Å². The molecule has 0 atom stereocenters. The number of para-hydroxylation sites is 1. The molecule has 112 valence electrons. The van der Waals surface area contributed by atoms with Crippen molar-refractivity contribution in [3.63, 3.8) is 0 Å².